The summed E-state index contributed by atoms with van der Waals surface area (Å²) in [6.45, 7) is 6.22. The number of aliphatic hydroxyl groups excluding tert-OH is 1. The lowest BCUT2D eigenvalue weighted by atomic mass is 9.93. The highest BCUT2D eigenvalue weighted by molar-refractivity contribution is 6.30. The van der Waals surface area contributed by atoms with Crippen molar-refractivity contribution in [1.82, 2.24) is 9.78 Å². The van der Waals surface area contributed by atoms with Gasteiger partial charge in [0.2, 0.25) is 0 Å². The molecule has 0 aliphatic rings. The van der Waals surface area contributed by atoms with Crippen LogP contribution in [0.5, 0.6) is 0 Å². The summed E-state index contributed by atoms with van der Waals surface area (Å²) in [5.74, 6) is 0. The summed E-state index contributed by atoms with van der Waals surface area (Å²) in [5, 5.41) is 14.0. The summed E-state index contributed by atoms with van der Waals surface area (Å²) < 4.78 is 14.5. The molecule has 0 fully saturated rings. The number of rotatable bonds is 3. The second kappa shape index (κ2) is 5.54. The number of aliphatic hydroxyl groups is 1. The minimum atomic E-state index is -1.90. The summed E-state index contributed by atoms with van der Waals surface area (Å²) >= 11 is 6.00. The number of hydrogen-bond donors (Lipinski definition) is 1. The van der Waals surface area contributed by atoms with Gasteiger partial charge < -0.3 is 5.11 Å². The Labute approximate surface area is 123 Å². The van der Waals surface area contributed by atoms with Crippen LogP contribution in [0.4, 0.5) is 4.39 Å². The SMILES string of the molecule is CC(C)(C)c1ccn(-c2cc(Cl)ccc2CC(O)F)n1. The molecule has 0 radical (unpaired) electrons. The van der Waals surface area contributed by atoms with Crippen LogP contribution in [0.15, 0.2) is 30.5 Å². The zero-order valence-corrected chi connectivity index (χ0v) is 12.5. The number of benzene rings is 1. The standard InChI is InChI=1S/C15H18ClFN2O/c1-15(2,3)13-6-7-19(18-13)12-9-11(16)5-4-10(12)8-14(17)20/h4-7,9,14,20H,8H2,1-3H3. The summed E-state index contributed by atoms with van der Waals surface area (Å²) in [6.07, 6.45) is -0.162. The lowest BCUT2D eigenvalue weighted by Gasteiger charge is -2.15. The fraction of sp³-hybridized carbons (Fsp3) is 0.400. The molecule has 108 valence electrons. The van der Waals surface area contributed by atoms with Crippen LogP contribution in [0.3, 0.4) is 0 Å². The van der Waals surface area contributed by atoms with Gasteiger partial charge >= 0.3 is 0 Å². The van der Waals surface area contributed by atoms with E-state index in [2.05, 4.69) is 25.9 Å². The van der Waals surface area contributed by atoms with Gasteiger partial charge in [-0.1, -0.05) is 38.4 Å². The van der Waals surface area contributed by atoms with Gasteiger partial charge in [-0.25, -0.2) is 9.07 Å². The van der Waals surface area contributed by atoms with E-state index in [4.69, 9.17) is 16.7 Å². The van der Waals surface area contributed by atoms with E-state index >= 15 is 0 Å². The molecule has 0 saturated heterocycles. The maximum Gasteiger partial charge on any atom is 0.200 e. The molecular weight excluding hydrogens is 279 g/mol. The number of aromatic nitrogens is 2. The van der Waals surface area contributed by atoms with Crippen molar-refractivity contribution < 1.29 is 9.50 Å². The second-order valence-corrected chi connectivity index (χ2v) is 6.24. The van der Waals surface area contributed by atoms with Crippen molar-refractivity contribution in [3.05, 3.63) is 46.7 Å². The Bertz CT molecular complexity index is 602. The molecule has 0 aliphatic carbocycles. The molecule has 3 nitrogen and oxygen atoms in total. The van der Waals surface area contributed by atoms with Gasteiger partial charge in [-0.3, -0.25) is 0 Å². The van der Waals surface area contributed by atoms with Gasteiger partial charge in [0, 0.05) is 23.1 Å². The van der Waals surface area contributed by atoms with Crippen LogP contribution in [-0.4, -0.2) is 21.2 Å². The molecule has 1 aromatic carbocycles. The average molecular weight is 297 g/mol. The number of hydrogen-bond acceptors (Lipinski definition) is 2. The highest BCUT2D eigenvalue weighted by atomic mass is 35.5. The van der Waals surface area contributed by atoms with Gasteiger partial charge in [-0.05, 0) is 23.8 Å². The molecular formula is C15H18ClFN2O. The third-order valence-corrected chi connectivity index (χ3v) is 3.28. The van der Waals surface area contributed by atoms with Crippen LogP contribution in [0, 0.1) is 0 Å². The van der Waals surface area contributed by atoms with E-state index in [-0.39, 0.29) is 11.8 Å². The smallest absolute Gasteiger partial charge is 0.200 e. The molecule has 5 heteroatoms. The molecule has 0 spiro atoms. The van der Waals surface area contributed by atoms with Crippen LogP contribution >= 0.6 is 11.6 Å². The normalized spacial score (nSPS) is 13.5. The quantitative estimate of drug-likeness (QED) is 0.939. The summed E-state index contributed by atoms with van der Waals surface area (Å²) in [5.41, 5.74) is 2.21. The van der Waals surface area contributed by atoms with Gasteiger partial charge in [0.05, 0.1) is 11.4 Å². The van der Waals surface area contributed by atoms with Gasteiger partial charge in [0.25, 0.3) is 0 Å². The minimum absolute atomic E-state index is 0.0659. The van der Waals surface area contributed by atoms with Crippen molar-refractivity contribution in [2.45, 2.75) is 39.0 Å². The Morgan fingerprint density at radius 2 is 2.05 bits per heavy atom. The molecule has 1 heterocycles. The largest absolute Gasteiger partial charge is 0.364 e. The topological polar surface area (TPSA) is 38.0 Å². The van der Waals surface area contributed by atoms with Crippen molar-refractivity contribution >= 4 is 11.6 Å². The van der Waals surface area contributed by atoms with Gasteiger partial charge in [0.15, 0.2) is 6.36 Å². The Balaban J connectivity index is 2.45. The predicted molar refractivity (Wildman–Crippen MR) is 78.1 cm³/mol. The molecule has 1 atom stereocenters. The second-order valence-electron chi connectivity index (χ2n) is 5.81. The highest BCUT2D eigenvalue weighted by Crippen LogP contribution is 2.24. The minimum Gasteiger partial charge on any atom is -0.364 e. The van der Waals surface area contributed by atoms with Crippen LogP contribution in [0.1, 0.15) is 32.0 Å². The van der Waals surface area contributed by atoms with Crippen LogP contribution in [0.25, 0.3) is 5.69 Å². The molecule has 20 heavy (non-hydrogen) atoms. The Hall–Kier alpha value is -1.39. The zero-order chi connectivity index (χ0) is 14.9. The lowest BCUT2D eigenvalue weighted by Crippen LogP contribution is -2.13. The first kappa shape index (κ1) is 15.0. The number of halogens is 2. The molecule has 1 unspecified atom stereocenters. The van der Waals surface area contributed by atoms with E-state index in [1.165, 1.54) is 0 Å². The number of nitrogens with zero attached hydrogens (tertiary/aromatic N) is 2. The lowest BCUT2D eigenvalue weighted by molar-refractivity contribution is 0.0429. The average Bonchev–Trinajstić information content (AvgIpc) is 2.80. The van der Waals surface area contributed by atoms with E-state index in [9.17, 15) is 4.39 Å². The van der Waals surface area contributed by atoms with E-state index in [1.54, 1.807) is 22.9 Å². The first-order chi connectivity index (χ1) is 9.27. The molecule has 0 aliphatic heterocycles. The molecule has 0 saturated carbocycles. The fourth-order valence-electron chi connectivity index (χ4n) is 1.96. The predicted octanol–water partition coefficient (Wildman–Crippen LogP) is 3.65. The van der Waals surface area contributed by atoms with Crippen molar-refractivity contribution in [1.29, 1.82) is 0 Å². The molecule has 2 aromatic rings. The molecule has 2 rings (SSSR count). The first-order valence-corrected chi connectivity index (χ1v) is 6.82. The molecule has 0 bridgehead atoms. The van der Waals surface area contributed by atoms with Gasteiger partial charge in [-0.2, -0.15) is 5.10 Å². The van der Waals surface area contributed by atoms with Crippen LogP contribution in [-0.2, 0) is 11.8 Å². The number of alkyl halides is 1. The van der Waals surface area contributed by atoms with Gasteiger partial charge in [-0.15, -0.1) is 0 Å². The van der Waals surface area contributed by atoms with Crippen LogP contribution in [0.2, 0.25) is 5.02 Å². The van der Waals surface area contributed by atoms with Crippen molar-refractivity contribution in [2.75, 3.05) is 0 Å². The Morgan fingerprint density at radius 1 is 1.35 bits per heavy atom. The van der Waals surface area contributed by atoms with E-state index in [0.29, 0.717) is 16.3 Å². The summed E-state index contributed by atoms with van der Waals surface area (Å²) in [6, 6.07) is 7.03. The van der Waals surface area contributed by atoms with Crippen molar-refractivity contribution in [3.8, 4) is 5.69 Å². The zero-order valence-electron chi connectivity index (χ0n) is 11.8. The Kier molecular flexibility index (Phi) is 4.16. The van der Waals surface area contributed by atoms with Crippen LogP contribution < -0.4 is 0 Å². The molecule has 0 amide bonds. The van der Waals surface area contributed by atoms with E-state index < -0.39 is 6.36 Å². The maximum absolute atomic E-state index is 12.9. The Morgan fingerprint density at radius 3 is 2.60 bits per heavy atom. The third kappa shape index (κ3) is 3.38. The third-order valence-electron chi connectivity index (χ3n) is 3.04. The monoisotopic (exact) mass is 296 g/mol. The van der Waals surface area contributed by atoms with E-state index in [1.807, 2.05) is 12.3 Å². The summed E-state index contributed by atoms with van der Waals surface area (Å²) in [4.78, 5) is 0. The van der Waals surface area contributed by atoms with E-state index in [0.717, 1.165) is 5.69 Å². The van der Waals surface area contributed by atoms with Crippen molar-refractivity contribution in [2.24, 2.45) is 0 Å². The fourth-order valence-corrected chi connectivity index (χ4v) is 2.13. The maximum atomic E-state index is 12.9. The van der Waals surface area contributed by atoms with Crippen molar-refractivity contribution in [3.63, 3.8) is 0 Å². The molecule has 1 aromatic heterocycles. The van der Waals surface area contributed by atoms with Gasteiger partial charge in [0.1, 0.15) is 0 Å². The molecule has 1 N–H and O–H groups in total. The highest BCUT2D eigenvalue weighted by Gasteiger charge is 2.18. The first-order valence-electron chi connectivity index (χ1n) is 6.44. The summed E-state index contributed by atoms with van der Waals surface area (Å²) in [7, 11) is 0.